The van der Waals surface area contributed by atoms with Gasteiger partial charge in [0.2, 0.25) is 0 Å². The van der Waals surface area contributed by atoms with E-state index in [1.54, 1.807) is 11.3 Å². The fraction of sp³-hybridized carbons (Fsp3) is 0.400. The van der Waals surface area contributed by atoms with Gasteiger partial charge in [-0.05, 0) is 58.1 Å². The third-order valence-electron chi connectivity index (χ3n) is 5.97. The first kappa shape index (κ1) is 31.7. The van der Waals surface area contributed by atoms with Crippen molar-refractivity contribution in [2.24, 2.45) is 9.98 Å². The van der Waals surface area contributed by atoms with Crippen molar-refractivity contribution in [3.63, 3.8) is 0 Å². The Morgan fingerprint density at radius 2 is 0.861 bits per heavy atom. The maximum absolute atomic E-state index is 4.97. The number of hydrogen-bond acceptors (Lipinski definition) is 3. The third-order valence-corrected chi connectivity index (χ3v) is 6.93. The van der Waals surface area contributed by atoms with E-state index < -0.39 is 0 Å². The summed E-state index contributed by atoms with van der Waals surface area (Å²) in [6.45, 7) is 17.9. The standard InChI is InChI=1S/C30H38N2S.Fe.2HI/c1-19(2)25-11-9-12-26(20(3)4)29(25)31-17-23-15-16-24(33-23)18-32-30-27(21(5)6)13-10-14-28(30)22(7)8;;;/h9-22H,1-8H3;;2*1H/q;+2;;/p-2. The molecule has 0 saturated heterocycles. The first-order valence-electron chi connectivity index (χ1n) is 12.4. The minimum atomic E-state index is 0.443. The molecule has 0 unspecified atom stereocenters. The predicted octanol–water partition coefficient (Wildman–Crippen LogP) is 11.5. The van der Waals surface area contributed by atoms with Crippen molar-refractivity contribution < 1.29 is 8.46 Å². The summed E-state index contributed by atoms with van der Waals surface area (Å²) in [5, 5.41) is 0. The summed E-state index contributed by atoms with van der Waals surface area (Å²) in [6, 6.07) is 17.4. The Bertz CT molecular complexity index is 1020. The van der Waals surface area contributed by atoms with Crippen molar-refractivity contribution in [1.29, 1.82) is 0 Å². The molecule has 196 valence electrons. The van der Waals surface area contributed by atoms with E-state index in [9.17, 15) is 0 Å². The molecule has 0 atom stereocenters. The summed E-state index contributed by atoms with van der Waals surface area (Å²) in [6.07, 6.45) is 4.02. The van der Waals surface area contributed by atoms with Gasteiger partial charge >= 0.3 is 49.1 Å². The van der Waals surface area contributed by atoms with E-state index in [1.165, 1.54) is 30.7 Å². The van der Waals surface area contributed by atoms with Crippen LogP contribution in [-0.4, -0.2) is 12.4 Å². The SMILES string of the molecule is CC(C)c1cccc(C(C)C)c1N=Cc1ccc(C=Nc2c(C(C)C)cccc2C(C)C)s1.[I][Fe][I]. The number of benzene rings is 2. The van der Waals surface area contributed by atoms with Gasteiger partial charge in [0.15, 0.2) is 0 Å². The van der Waals surface area contributed by atoms with Crippen LogP contribution in [-0.2, 0) is 8.46 Å². The van der Waals surface area contributed by atoms with Crippen LogP contribution in [0.3, 0.4) is 0 Å². The van der Waals surface area contributed by atoms with Crippen LogP contribution in [0.2, 0.25) is 0 Å². The van der Waals surface area contributed by atoms with E-state index in [1.807, 2.05) is 12.4 Å². The summed E-state index contributed by atoms with van der Waals surface area (Å²) >= 11 is 6.28. The summed E-state index contributed by atoms with van der Waals surface area (Å²) in [4.78, 5) is 12.2. The van der Waals surface area contributed by atoms with Crippen LogP contribution in [0.25, 0.3) is 0 Å². The number of halogens is 2. The molecule has 2 nitrogen and oxygen atoms in total. The van der Waals surface area contributed by atoms with Gasteiger partial charge in [-0.15, -0.1) is 11.3 Å². The Balaban J connectivity index is 0.00000145. The van der Waals surface area contributed by atoms with Gasteiger partial charge in [0.25, 0.3) is 0 Å². The van der Waals surface area contributed by atoms with Gasteiger partial charge in [-0.1, -0.05) is 91.8 Å². The Morgan fingerprint density at radius 3 is 1.11 bits per heavy atom. The van der Waals surface area contributed by atoms with Gasteiger partial charge in [-0.2, -0.15) is 0 Å². The second-order valence-corrected chi connectivity index (χ2v) is 20.5. The number of thiophene rings is 1. The first-order chi connectivity index (χ1) is 17.1. The van der Waals surface area contributed by atoms with Crippen LogP contribution >= 0.6 is 52.0 Å². The Kier molecular flexibility index (Phi) is 13.9. The van der Waals surface area contributed by atoms with Crippen molar-refractivity contribution in [2.75, 3.05) is 0 Å². The fourth-order valence-corrected chi connectivity index (χ4v) is 4.84. The van der Waals surface area contributed by atoms with Crippen LogP contribution in [0.4, 0.5) is 11.4 Å². The molecule has 3 rings (SSSR count). The molecule has 2 aromatic carbocycles. The quantitative estimate of drug-likeness (QED) is 0.124. The van der Waals surface area contributed by atoms with Gasteiger partial charge < -0.3 is 0 Å². The molecule has 1 heterocycles. The topological polar surface area (TPSA) is 24.7 Å². The van der Waals surface area contributed by atoms with Crippen molar-refractivity contribution in [3.05, 3.63) is 80.5 Å². The van der Waals surface area contributed by atoms with E-state index in [2.05, 4.69) is 145 Å². The number of hydrogen-bond donors (Lipinski definition) is 0. The number of para-hydroxylation sites is 2. The van der Waals surface area contributed by atoms with Crippen molar-refractivity contribution >= 4 is 75.8 Å². The number of aliphatic imine (C=N–C) groups is 2. The van der Waals surface area contributed by atoms with Crippen molar-refractivity contribution in [2.45, 2.75) is 79.1 Å². The number of nitrogens with zero attached hydrogens (tertiary/aromatic N) is 2. The molecule has 0 aliphatic rings. The third kappa shape index (κ3) is 9.04. The van der Waals surface area contributed by atoms with Crippen molar-refractivity contribution in [3.8, 4) is 0 Å². The molecule has 0 spiro atoms. The first-order valence-corrected chi connectivity index (χ1v) is 20.3. The Morgan fingerprint density at radius 1 is 0.583 bits per heavy atom. The van der Waals surface area contributed by atoms with Crippen LogP contribution < -0.4 is 0 Å². The molecule has 0 saturated carbocycles. The average molecular weight is 768 g/mol. The van der Waals surface area contributed by atoms with Gasteiger partial charge in [0, 0.05) is 22.2 Å². The van der Waals surface area contributed by atoms with E-state index in [0.717, 1.165) is 21.1 Å². The summed E-state index contributed by atoms with van der Waals surface area (Å²) in [5.41, 5.74) is 7.48. The zero-order valence-electron chi connectivity index (χ0n) is 22.5. The van der Waals surface area contributed by atoms with Crippen molar-refractivity contribution in [1.82, 2.24) is 0 Å². The zero-order valence-corrected chi connectivity index (χ0v) is 28.7. The van der Waals surface area contributed by atoms with E-state index in [-0.39, 0.29) is 0 Å². The second-order valence-electron chi connectivity index (χ2n) is 10.00. The zero-order chi connectivity index (χ0) is 26.8. The summed E-state index contributed by atoms with van der Waals surface area (Å²) in [7, 11) is 1.19. The maximum atomic E-state index is 4.97. The second kappa shape index (κ2) is 15.8. The molecule has 36 heavy (non-hydrogen) atoms. The number of rotatable bonds is 8. The molecule has 0 aliphatic carbocycles. The van der Waals surface area contributed by atoms with Gasteiger partial charge in [-0.25, -0.2) is 0 Å². The monoisotopic (exact) mass is 768 g/mol. The van der Waals surface area contributed by atoms with Gasteiger partial charge in [0.1, 0.15) is 0 Å². The molecule has 0 amide bonds. The molecule has 0 radical (unpaired) electrons. The fourth-order valence-electron chi connectivity index (χ4n) is 4.09. The van der Waals surface area contributed by atoms with Crippen LogP contribution in [0.1, 0.15) is 111 Å². The van der Waals surface area contributed by atoms with Crippen LogP contribution in [0.15, 0.2) is 58.5 Å². The Labute approximate surface area is 251 Å². The van der Waals surface area contributed by atoms with Gasteiger partial charge in [0.05, 0.1) is 11.4 Å². The minimum absolute atomic E-state index is 0.443. The molecular formula is C30H38FeI2N2S. The Hall–Kier alpha value is -0.541. The average Bonchev–Trinajstić information content (AvgIpc) is 3.28. The normalized spacial score (nSPS) is 12.1. The molecule has 0 N–H and O–H groups in total. The molecule has 6 heteroatoms. The molecule has 3 aromatic rings. The summed E-state index contributed by atoms with van der Waals surface area (Å²) in [5.74, 6) is 1.77. The van der Waals surface area contributed by atoms with E-state index in [4.69, 9.17) is 9.98 Å². The molecule has 0 aliphatic heterocycles. The predicted molar refractivity (Wildman–Crippen MR) is 176 cm³/mol. The molecule has 0 fully saturated rings. The van der Waals surface area contributed by atoms with E-state index in [0.29, 0.717) is 23.7 Å². The molecule has 1 aromatic heterocycles. The molecule has 0 bridgehead atoms. The van der Waals surface area contributed by atoms with E-state index >= 15 is 0 Å². The van der Waals surface area contributed by atoms with Crippen LogP contribution in [0, 0.1) is 0 Å². The van der Waals surface area contributed by atoms with Crippen LogP contribution in [0.5, 0.6) is 0 Å². The summed E-state index contributed by atoms with van der Waals surface area (Å²) < 4.78 is 0. The van der Waals surface area contributed by atoms with Gasteiger partial charge in [-0.3, -0.25) is 9.98 Å². The molecular weight excluding hydrogens is 730 g/mol.